The Labute approximate surface area is 104 Å². The number of thiazole rings is 1. The molecule has 4 aromatic rings. The molecule has 7 nitrogen and oxygen atoms in total. The molecular formula is C10H4N6OS. The average molecular weight is 256 g/mol. The molecule has 8 heteroatoms. The van der Waals surface area contributed by atoms with Crippen molar-refractivity contribution in [2.24, 2.45) is 0 Å². The van der Waals surface area contributed by atoms with Crippen LogP contribution in [0.2, 0.25) is 0 Å². The third-order valence-electron chi connectivity index (χ3n) is 2.51. The van der Waals surface area contributed by atoms with Gasteiger partial charge in [-0.25, -0.2) is 9.97 Å². The summed E-state index contributed by atoms with van der Waals surface area (Å²) >= 11 is 1.45. The van der Waals surface area contributed by atoms with Gasteiger partial charge in [0.1, 0.15) is 11.0 Å². The number of oxazole rings is 1. The van der Waals surface area contributed by atoms with Crippen molar-refractivity contribution in [3.63, 3.8) is 0 Å². The van der Waals surface area contributed by atoms with Crippen LogP contribution < -0.4 is 0 Å². The summed E-state index contributed by atoms with van der Waals surface area (Å²) in [7, 11) is 0. The van der Waals surface area contributed by atoms with Gasteiger partial charge in [0.2, 0.25) is 0 Å². The lowest BCUT2D eigenvalue weighted by Gasteiger charge is -1.98. The Bertz CT molecular complexity index is 853. The molecule has 0 saturated heterocycles. The quantitative estimate of drug-likeness (QED) is 0.511. The van der Waals surface area contributed by atoms with Gasteiger partial charge in [0.15, 0.2) is 11.2 Å². The van der Waals surface area contributed by atoms with E-state index in [2.05, 4.69) is 30.4 Å². The van der Waals surface area contributed by atoms with Crippen LogP contribution in [0.1, 0.15) is 0 Å². The van der Waals surface area contributed by atoms with Crippen LogP contribution in [0.5, 0.6) is 0 Å². The van der Waals surface area contributed by atoms with Crippen LogP contribution in [0.3, 0.4) is 0 Å². The SMILES string of the molecule is c1nc2c(-c3cc4ncsc4nn3)cnnc2o1. The van der Waals surface area contributed by atoms with Crippen LogP contribution in [0.15, 0.2) is 28.6 Å². The Morgan fingerprint density at radius 3 is 3.11 bits per heavy atom. The topological polar surface area (TPSA) is 90.5 Å². The summed E-state index contributed by atoms with van der Waals surface area (Å²) in [6.07, 6.45) is 2.92. The zero-order chi connectivity index (χ0) is 11.9. The normalized spacial score (nSPS) is 11.3. The monoisotopic (exact) mass is 256 g/mol. The van der Waals surface area contributed by atoms with Crippen LogP contribution in [0.4, 0.5) is 0 Å². The predicted molar refractivity (Wildman–Crippen MR) is 63.8 cm³/mol. The van der Waals surface area contributed by atoms with E-state index in [0.29, 0.717) is 16.9 Å². The van der Waals surface area contributed by atoms with E-state index in [0.717, 1.165) is 15.9 Å². The van der Waals surface area contributed by atoms with Crippen molar-refractivity contribution in [3.8, 4) is 11.3 Å². The van der Waals surface area contributed by atoms with Crippen LogP contribution >= 0.6 is 11.3 Å². The molecule has 18 heavy (non-hydrogen) atoms. The molecule has 0 fully saturated rings. The summed E-state index contributed by atoms with van der Waals surface area (Å²) in [4.78, 5) is 9.12. The van der Waals surface area contributed by atoms with Crippen LogP contribution in [-0.4, -0.2) is 30.4 Å². The number of rotatable bonds is 1. The summed E-state index contributed by atoms with van der Waals surface area (Å²) in [6, 6.07) is 1.85. The molecule has 4 heterocycles. The molecule has 0 N–H and O–H groups in total. The molecule has 0 atom stereocenters. The van der Waals surface area contributed by atoms with Gasteiger partial charge in [-0.05, 0) is 6.07 Å². The summed E-state index contributed by atoms with van der Waals surface area (Å²) in [5.74, 6) is 0. The highest BCUT2D eigenvalue weighted by Gasteiger charge is 2.12. The third-order valence-corrected chi connectivity index (χ3v) is 3.24. The first-order valence-corrected chi connectivity index (χ1v) is 5.92. The van der Waals surface area contributed by atoms with Crippen molar-refractivity contribution in [1.29, 1.82) is 0 Å². The second-order valence-electron chi connectivity index (χ2n) is 3.54. The highest BCUT2D eigenvalue weighted by Crippen LogP contribution is 2.25. The Hall–Kier alpha value is -2.48. The molecule has 0 aliphatic heterocycles. The molecule has 0 radical (unpaired) electrons. The molecule has 0 bridgehead atoms. The van der Waals surface area contributed by atoms with Crippen molar-refractivity contribution in [2.75, 3.05) is 0 Å². The number of nitrogens with zero attached hydrogens (tertiary/aromatic N) is 6. The maximum Gasteiger partial charge on any atom is 0.266 e. The number of aromatic nitrogens is 6. The van der Waals surface area contributed by atoms with Gasteiger partial charge in [-0.3, -0.25) is 0 Å². The molecule has 0 unspecified atom stereocenters. The van der Waals surface area contributed by atoms with Gasteiger partial charge in [-0.2, -0.15) is 5.10 Å². The number of hydrogen-bond acceptors (Lipinski definition) is 8. The minimum atomic E-state index is 0.382. The van der Waals surface area contributed by atoms with E-state index in [-0.39, 0.29) is 0 Å². The van der Waals surface area contributed by atoms with Crippen molar-refractivity contribution in [3.05, 3.63) is 24.2 Å². The number of hydrogen-bond donors (Lipinski definition) is 0. The van der Waals surface area contributed by atoms with E-state index in [9.17, 15) is 0 Å². The zero-order valence-corrected chi connectivity index (χ0v) is 9.63. The molecule has 86 valence electrons. The maximum absolute atomic E-state index is 5.11. The van der Waals surface area contributed by atoms with E-state index in [1.165, 1.54) is 17.7 Å². The van der Waals surface area contributed by atoms with Crippen LogP contribution in [0.25, 0.3) is 32.8 Å². The second kappa shape index (κ2) is 3.50. The summed E-state index contributed by atoms with van der Waals surface area (Å²) in [6.45, 7) is 0. The van der Waals surface area contributed by atoms with E-state index in [4.69, 9.17) is 4.42 Å². The Balaban J connectivity index is 2.03. The summed E-state index contributed by atoms with van der Waals surface area (Å²) in [5, 5.41) is 16.0. The first-order valence-electron chi connectivity index (χ1n) is 5.04. The lowest BCUT2D eigenvalue weighted by atomic mass is 10.2. The lowest BCUT2D eigenvalue weighted by molar-refractivity contribution is 0.585. The minimum absolute atomic E-state index is 0.382. The van der Waals surface area contributed by atoms with Crippen molar-refractivity contribution >= 4 is 32.9 Å². The molecular weight excluding hydrogens is 252 g/mol. The van der Waals surface area contributed by atoms with Crippen molar-refractivity contribution in [1.82, 2.24) is 30.4 Å². The Kier molecular flexibility index (Phi) is 1.86. The molecule has 0 aliphatic carbocycles. The summed E-state index contributed by atoms with van der Waals surface area (Å²) < 4.78 is 5.11. The molecule has 4 rings (SSSR count). The highest BCUT2D eigenvalue weighted by atomic mass is 32.1. The van der Waals surface area contributed by atoms with Gasteiger partial charge in [0, 0.05) is 0 Å². The highest BCUT2D eigenvalue weighted by molar-refractivity contribution is 7.16. The molecule has 0 spiro atoms. The fourth-order valence-corrected chi connectivity index (χ4v) is 2.28. The lowest BCUT2D eigenvalue weighted by Crippen LogP contribution is -1.91. The van der Waals surface area contributed by atoms with E-state index in [1.54, 1.807) is 11.7 Å². The summed E-state index contributed by atoms with van der Waals surface area (Å²) in [5.41, 5.74) is 4.93. The van der Waals surface area contributed by atoms with Gasteiger partial charge >= 0.3 is 0 Å². The van der Waals surface area contributed by atoms with Crippen molar-refractivity contribution in [2.45, 2.75) is 0 Å². The molecule has 0 amide bonds. The molecule has 4 aromatic heterocycles. The van der Waals surface area contributed by atoms with Gasteiger partial charge in [-0.15, -0.1) is 26.6 Å². The zero-order valence-electron chi connectivity index (χ0n) is 8.81. The third kappa shape index (κ3) is 1.29. The second-order valence-corrected chi connectivity index (χ2v) is 4.37. The minimum Gasteiger partial charge on any atom is -0.424 e. The van der Waals surface area contributed by atoms with Gasteiger partial charge < -0.3 is 4.42 Å². The first-order chi connectivity index (χ1) is 8.92. The fraction of sp³-hybridized carbons (Fsp3) is 0. The van der Waals surface area contributed by atoms with Gasteiger partial charge in [0.05, 0.1) is 23.0 Å². The maximum atomic E-state index is 5.11. The molecule has 0 aliphatic rings. The van der Waals surface area contributed by atoms with Crippen LogP contribution in [-0.2, 0) is 0 Å². The average Bonchev–Trinajstić information content (AvgIpc) is 3.05. The molecule has 0 saturated carbocycles. The Morgan fingerprint density at radius 2 is 2.11 bits per heavy atom. The fourth-order valence-electron chi connectivity index (χ4n) is 1.70. The predicted octanol–water partition coefficient (Wildman–Crippen LogP) is 1.68. The smallest absolute Gasteiger partial charge is 0.266 e. The van der Waals surface area contributed by atoms with E-state index >= 15 is 0 Å². The van der Waals surface area contributed by atoms with Gasteiger partial charge in [-0.1, -0.05) is 0 Å². The standard InChI is InChI=1S/C10H4N6OS/c1-6(14-16-10-7(1)12-4-18-10)5-2-13-15-9-8(5)11-3-17-9/h1-4H. The number of fused-ring (bicyclic) bond motifs is 2. The van der Waals surface area contributed by atoms with E-state index in [1.807, 2.05) is 6.07 Å². The Morgan fingerprint density at radius 1 is 1.11 bits per heavy atom. The van der Waals surface area contributed by atoms with Crippen LogP contribution in [0, 0.1) is 0 Å². The largest absolute Gasteiger partial charge is 0.424 e. The molecule has 0 aromatic carbocycles. The van der Waals surface area contributed by atoms with E-state index < -0.39 is 0 Å². The van der Waals surface area contributed by atoms with Gasteiger partial charge in [0.25, 0.3) is 5.71 Å². The van der Waals surface area contributed by atoms with Crippen molar-refractivity contribution < 1.29 is 4.42 Å². The first kappa shape index (κ1) is 9.54.